The maximum Gasteiger partial charge on any atom is 0.162 e. The van der Waals surface area contributed by atoms with Crippen LogP contribution in [-0.4, -0.2) is 13.2 Å². The van der Waals surface area contributed by atoms with Crippen LogP contribution in [-0.2, 0) is 0 Å². The molecule has 0 fully saturated rings. The van der Waals surface area contributed by atoms with E-state index in [1.54, 1.807) is 11.3 Å². The van der Waals surface area contributed by atoms with Crippen LogP contribution in [0.4, 0.5) is 0 Å². The minimum atomic E-state index is -0.175. The Morgan fingerprint density at radius 1 is 1.20 bits per heavy atom. The molecule has 1 aromatic carbocycles. The molecule has 0 amide bonds. The second-order valence-corrected chi connectivity index (χ2v) is 5.86. The van der Waals surface area contributed by atoms with E-state index in [4.69, 9.17) is 15.2 Å². The number of halogens is 1. The molecule has 0 saturated carbocycles. The summed E-state index contributed by atoms with van der Waals surface area (Å²) < 4.78 is 12.2. The zero-order chi connectivity index (χ0) is 14.5. The molecular formula is C15H18BrNO2S. The van der Waals surface area contributed by atoms with Crippen LogP contribution < -0.4 is 15.2 Å². The highest BCUT2D eigenvalue weighted by Gasteiger charge is 2.17. The minimum absolute atomic E-state index is 0.175. The fourth-order valence-electron chi connectivity index (χ4n) is 1.96. The van der Waals surface area contributed by atoms with Crippen LogP contribution in [0.3, 0.4) is 0 Å². The lowest BCUT2D eigenvalue weighted by Gasteiger charge is -2.17. The molecule has 1 aromatic heterocycles. The van der Waals surface area contributed by atoms with Crippen molar-refractivity contribution < 1.29 is 9.47 Å². The first-order valence-electron chi connectivity index (χ1n) is 6.54. The molecule has 108 valence electrons. The molecule has 5 heteroatoms. The van der Waals surface area contributed by atoms with Crippen molar-refractivity contribution in [2.75, 3.05) is 13.2 Å². The number of benzene rings is 1. The lowest BCUT2D eigenvalue weighted by molar-refractivity contribution is 0.287. The van der Waals surface area contributed by atoms with Crippen molar-refractivity contribution in [3.05, 3.63) is 44.6 Å². The SMILES string of the molecule is CCOc1cc(Br)c(C(N)c2ccsc2)cc1OCC. The first kappa shape index (κ1) is 15.4. The zero-order valence-corrected chi connectivity index (χ0v) is 14.0. The Balaban J connectivity index is 2.40. The maximum absolute atomic E-state index is 6.33. The summed E-state index contributed by atoms with van der Waals surface area (Å²) in [6.07, 6.45) is 0. The summed E-state index contributed by atoms with van der Waals surface area (Å²) in [4.78, 5) is 0. The topological polar surface area (TPSA) is 44.5 Å². The lowest BCUT2D eigenvalue weighted by Crippen LogP contribution is -2.12. The van der Waals surface area contributed by atoms with Crippen LogP contribution in [0.25, 0.3) is 0 Å². The van der Waals surface area contributed by atoms with Crippen LogP contribution in [0.2, 0.25) is 0 Å². The van der Waals surface area contributed by atoms with Crippen molar-refractivity contribution >= 4 is 27.3 Å². The molecule has 2 N–H and O–H groups in total. The predicted octanol–water partition coefficient (Wildman–Crippen LogP) is 4.36. The Morgan fingerprint density at radius 2 is 1.85 bits per heavy atom. The van der Waals surface area contributed by atoms with Gasteiger partial charge in [-0.25, -0.2) is 0 Å². The quantitative estimate of drug-likeness (QED) is 0.837. The molecule has 0 aliphatic heterocycles. The van der Waals surface area contributed by atoms with E-state index in [-0.39, 0.29) is 6.04 Å². The van der Waals surface area contributed by atoms with Crippen LogP contribution in [0.1, 0.15) is 31.0 Å². The van der Waals surface area contributed by atoms with Crippen LogP contribution >= 0.6 is 27.3 Å². The number of nitrogens with two attached hydrogens (primary N) is 1. The fraction of sp³-hybridized carbons (Fsp3) is 0.333. The highest BCUT2D eigenvalue weighted by atomic mass is 79.9. The van der Waals surface area contributed by atoms with E-state index >= 15 is 0 Å². The number of hydrogen-bond donors (Lipinski definition) is 1. The van der Waals surface area contributed by atoms with Crippen LogP contribution in [0, 0.1) is 0 Å². The molecule has 0 aliphatic rings. The monoisotopic (exact) mass is 355 g/mol. The molecule has 20 heavy (non-hydrogen) atoms. The number of ether oxygens (including phenoxy) is 2. The first-order chi connectivity index (χ1) is 9.67. The molecule has 3 nitrogen and oxygen atoms in total. The van der Waals surface area contributed by atoms with Gasteiger partial charge >= 0.3 is 0 Å². The van der Waals surface area contributed by atoms with E-state index in [0.29, 0.717) is 13.2 Å². The third-order valence-corrected chi connectivity index (χ3v) is 4.29. The largest absolute Gasteiger partial charge is 0.490 e. The Hall–Kier alpha value is -1.04. The molecule has 0 radical (unpaired) electrons. The fourth-order valence-corrected chi connectivity index (χ4v) is 3.22. The predicted molar refractivity (Wildman–Crippen MR) is 86.8 cm³/mol. The van der Waals surface area contributed by atoms with Crippen LogP contribution in [0.15, 0.2) is 33.4 Å². The summed E-state index contributed by atoms with van der Waals surface area (Å²) >= 11 is 5.22. The van der Waals surface area contributed by atoms with Crippen molar-refractivity contribution in [1.82, 2.24) is 0 Å². The number of thiophene rings is 1. The zero-order valence-electron chi connectivity index (χ0n) is 11.6. The molecule has 1 unspecified atom stereocenters. The lowest BCUT2D eigenvalue weighted by atomic mass is 10.0. The molecule has 1 atom stereocenters. The Bertz CT molecular complexity index is 557. The molecular weight excluding hydrogens is 338 g/mol. The van der Waals surface area contributed by atoms with Gasteiger partial charge in [-0.3, -0.25) is 0 Å². The molecule has 0 aliphatic carbocycles. The van der Waals surface area contributed by atoms with Gasteiger partial charge in [0.25, 0.3) is 0 Å². The van der Waals surface area contributed by atoms with E-state index in [1.807, 2.05) is 37.4 Å². The van der Waals surface area contributed by atoms with Gasteiger partial charge in [0.05, 0.1) is 19.3 Å². The summed E-state index contributed by atoms with van der Waals surface area (Å²) in [5, 5.41) is 4.09. The third kappa shape index (κ3) is 3.34. The smallest absolute Gasteiger partial charge is 0.162 e. The number of rotatable bonds is 6. The summed E-state index contributed by atoms with van der Waals surface area (Å²) in [5.41, 5.74) is 8.43. The highest BCUT2D eigenvalue weighted by Crippen LogP contribution is 2.37. The van der Waals surface area contributed by atoms with Crippen molar-refractivity contribution in [3.63, 3.8) is 0 Å². The normalized spacial score (nSPS) is 12.2. The van der Waals surface area contributed by atoms with E-state index in [0.717, 1.165) is 27.1 Å². The van der Waals surface area contributed by atoms with Gasteiger partial charge in [0.1, 0.15) is 0 Å². The van der Waals surface area contributed by atoms with E-state index in [9.17, 15) is 0 Å². The molecule has 2 aromatic rings. The standard InChI is InChI=1S/C15H18BrNO2S/c1-3-18-13-7-11(12(16)8-14(13)19-4-2)15(17)10-5-6-20-9-10/h5-9,15H,3-4,17H2,1-2H3. The third-order valence-electron chi connectivity index (χ3n) is 2.90. The Morgan fingerprint density at radius 3 is 2.40 bits per heavy atom. The van der Waals surface area contributed by atoms with Gasteiger partial charge in [-0.2, -0.15) is 11.3 Å². The maximum atomic E-state index is 6.33. The summed E-state index contributed by atoms with van der Waals surface area (Å²) in [6, 6.07) is 5.75. The second-order valence-electron chi connectivity index (χ2n) is 4.22. The highest BCUT2D eigenvalue weighted by molar-refractivity contribution is 9.10. The number of hydrogen-bond acceptors (Lipinski definition) is 4. The molecule has 0 saturated heterocycles. The van der Waals surface area contributed by atoms with Crippen LogP contribution in [0.5, 0.6) is 11.5 Å². The van der Waals surface area contributed by atoms with Crippen molar-refractivity contribution in [2.45, 2.75) is 19.9 Å². The van der Waals surface area contributed by atoms with E-state index in [1.165, 1.54) is 0 Å². The minimum Gasteiger partial charge on any atom is -0.490 e. The van der Waals surface area contributed by atoms with Gasteiger partial charge in [-0.1, -0.05) is 15.9 Å². The summed E-state index contributed by atoms with van der Waals surface area (Å²) in [6.45, 7) is 5.10. The Kier molecular flexibility index (Phi) is 5.46. The van der Waals surface area contributed by atoms with Gasteiger partial charge in [-0.05, 0) is 53.9 Å². The van der Waals surface area contributed by atoms with Gasteiger partial charge < -0.3 is 15.2 Å². The van der Waals surface area contributed by atoms with Crippen molar-refractivity contribution in [1.29, 1.82) is 0 Å². The van der Waals surface area contributed by atoms with Gasteiger partial charge in [-0.15, -0.1) is 0 Å². The van der Waals surface area contributed by atoms with Gasteiger partial charge in [0.2, 0.25) is 0 Å². The second kappa shape index (κ2) is 7.11. The molecule has 2 rings (SSSR count). The van der Waals surface area contributed by atoms with Crippen molar-refractivity contribution in [3.8, 4) is 11.5 Å². The summed E-state index contributed by atoms with van der Waals surface area (Å²) in [7, 11) is 0. The molecule has 0 spiro atoms. The summed E-state index contributed by atoms with van der Waals surface area (Å²) in [5.74, 6) is 1.47. The molecule has 1 heterocycles. The van der Waals surface area contributed by atoms with Gasteiger partial charge in [0.15, 0.2) is 11.5 Å². The Labute approximate surface area is 131 Å². The molecule has 0 bridgehead atoms. The van der Waals surface area contributed by atoms with E-state index in [2.05, 4.69) is 21.3 Å². The van der Waals surface area contributed by atoms with Crippen molar-refractivity contribution in [2.24, 2.45) is 5.73 Å². The average Bonchev–Trinajstić information content (AvgIpc) is 2.95. The first-order valence-corrected chi connectivity index (χ1v) is 8.27. The van der Waals surface area contributed by atoms with Gasteiger partial charge in [0, 0.05) is 4.47 Å². The average molecular weight is 356 g/mol. The van der Waals surface area contributed by atoms with E-state index < -0.39 is 0 Å².